The minimum atomic E-state index is -0.327. The Morgan fingerprint density at radius 3 is 2.65 bits per heavy atom. The van der Waals surface area contributed by atoms with E-state index in [1.165, 1.54) is 23.7 Å². The lowest BCUT2D eigenvalue weighted by Crippen LogP contribution is -2.11. The molecule has 0 saturated heterocycles. The molecular formula is C15H12Cl2FN3OS. The van der Waals surface area contributed by atoms with Crippen LogP contribution in [-0.4, -0.2) is 13.9 Å². The van der Waals surface area contributed by atoms with E-state index in [0.717, 1.165) is 10.4 Å². The summed E-state index contributed by atoms with van der Waals surface area (Å²) in [6.07, 6.45) is 4.90. The molecule has 120 valence electrons. The fraction of sp³-hybridized carbons (Fsp3) is 0.200. The average molecular weight is 372 g/mol. The predicted octanol–water partition coefficient (Wildman–Crippen LogP) is 4.74. The van der Waals surface area contributed by atoms with E-state index in [-0.39, 0.29) is 17.1 Å². The van der Waals surface area contributed by atoms with E-state index in [1.54, 1.807) is 24.7 Å². The average Bonchev–Trinajstić information content (AvgIpc) is 3.17. The summed E-state index contributed by atoms with van der Waals surface area (Å²) in [7, 11) is 0. The van der Waals surface area contributed by atoms with Crippen LogP contribution in [0.2, 0.25) is 10.2 Å². The van der Waals surface area contributed by atoms with Crippen LogP contribution in [0, 0.1) is 5.82 Å². The monoisotopic (exact) mass is 371 g/mol. The van der Waals surface area contributed by atoms with Gasteiger partial charge in [0.15, 0.2) is 5.15 Å². The highest BCUT2D eigenvalue weighted by atomic mass is 35.5. The molecule has 0 unspecified atom stereocenters. The number of benzene rings is 1. The summed E-state index contributed by atoms with van der Waals surface area (Å²) in [4.78, 5) is 4.78. The lowest BCUT2D eigenvalue weighted by Gasteiger charge is -2.17. The van der Waals surface area contributed by atoms with Crippen molar-refractivity contribution in [3.63, 3.8) is 0 Å². The van der Waals surface area contributed by atoms with E-state index in [1.807, 2.05) is 10.8 Å². The van der Waals surface area contributed by atoms with E-state index in [9.17, 15) is 4.39 Å². The molecule has 0 aliphatic heterocycles. The molecule has 0 amide bonds. The largest absolute Gasteiger partial charge is 0.366 e. The second-order valence-electron chi connectivity index (χ2n) is 4.84. The van der Waals surface area contributed by atoms with Gasteiger partial charge in [0.2, 0.25) is 0 Å². The van der Waals surface area contributed by atoms with Crippen molar-refractivity contribution in [3.8, 4) is 0 Å². The highest BCUT2D eigenvalue weighted by Crippen LogP contribution is 2.36. The molecule has 1 aromatic carbocycles. The topological polar surface area (TPSA) is 39.9 Å². The third-order valence-corrected chi connectivity index (χ3v) is 5.12. The summed E-state index contributed by atoms with van der Waals surface area (Å²) in [6, 6.07) is 6.18. The number of aromatic nitrogens is 3. The van der Waals surface area contributed by atoms with Crippen molar-refractivity contribution in [2.45, 2.75) is 19.3 Å². The fourth-order valence-electron chi connectivity index (χ4n) is 2.05. The normalized spacial score (nSPS) is 12.5. The molecule has 0 bridgehead atoms. The molecule has 0 aliphatic rings. The van der Waals surface area contributed by atoms with Crippen LogP contribution in [-0.2, 0) is 17.9 Å². The molecule has 0 fully saturated rings. The quantitative estimate of drug-likeness (QED) is 0.627. The Kier molecular flexibility index (Phi) is 5.27. The number of ether oxygens (including phenoxy) is 1. The van der Waals surface area contributed by atoms with Crippen molar-refractivity contribution in [1.82, 2.24) is 13.9 Å². The Bertz CT molecular complexity index is 762. The summed E-state index contributed by atoms with van der Waals surface area (Å²) in [6.45, 7) is 0.852. The van der Waals surface area contributed by atoms with E-state index < -0.39 is 0 Å². The zero-order valence-electron chi connectivity index (χ0n) is 11.8. The Morgan fingerprint density at radius 2 is 2.04 bits per heavy atom. The van der Waals surface area contributed by atoms with Gasteiger partial charge >= 0.3 is 0 Å². The van der Waals surface area contributed by atoms with Crippen molar-refractivity contribution in [1.29, 1.82) is 0 Å². The van der Waals surface area contributed by atoms with Gasteiger partial charge in [0.05, 0.1) is 29.4 Å². The Balaban J connectivity index is 1.77. The van der Waals surface area contributed by atoms with Gasteiger partial charge in [0.1, 0.15) is 11.9 Å². The highest BCUT2D eigenvalue weighted by molar-refractivity contribution is 7.07. The maximum atomic E-state index is 13.0. The van der Waals surface area contributed by atoms with Crippen LogP contribution < -0.4 is 0 Å². The molecule has 0 radical (unpaired) electrons. The molecule has 2 heterocycles. The van der Waals surface area contributed by atoms with Crippen molar-refractivity contribution >= 4 is 34.7 Å². The van der Waals surface area contributed by atoms with Crippen LogP contribution in [0.15, 0.2) is 43.0 Å². The Morgan fingerprint density at radius 1 is 1.26 bits per heavy atom. The van der Waals surface area contributed by atoms with Crippen LogP contribution in [0.4, 0.5) is 4.39 Å². The first-order valence-electron chi connectivity index (χ1n) is 6.76. The first-order chi connectivity index (χ1) is 11.1. The summed E-state index contributed by atoms with van der Waals surface area (Å²) < 4.78 is 24.9. The molecule has 0 spiro atoms. The summed E-state index contributed by atoms with van der Waals surface area (Å²) >= 11 is 13.4. The van der Waals surface area contributed by atoms with E-state index in [0.29, 0.717) is 18.2 Å². The second-order valence-corrected chi connectivity index (χ2v) is 6.38. The van der Waals surface area contributed by atoms with Gasteiger partial charge in [-0.25, -0.2) is 9.37 Å². The van der Waals surface area contributed by atoms with Gasteiger partial charge in [0, 0.05) is 12.4 Å². The molecule has 23 heavy (non-hydrogen) atoms. The molecule has 1 atom stereocenters. The Labute approximate surface area is 146 Å². The van der Waals surface area contributed by atoms with Gasteiger partial charge in [0.25, 0.3) is 0 Å². The third-order valence-electron chi connectivity index (χ3n) is 3.21. The standard InChI is InChI=1S/C15H12Cl2FN3OS/c16-13-14(23-20-15(13)17)12(7-21-6-5-19-9-21)22-8-10-1-3-11(18)4-2-10/h1-6,9,12H,7-8H2/t12-/m1/s1. The first kappa shape index (κ1) is 16.4. The van der Waals surface area contributed by atoms with Crippen LogP contribution in [0.3, 0.4) is 0 Å². The van der Waals surface area contributed by atoms with Crippen LogP contribution in [0.1, 0.15) is 16.5 Å². The molecule has 4 nitrogen and oxygen atoms in total. The molecule has 0 N–H and O–H groups in total. The zero-order chi connectivity index (χ0) is 16.2. The van der Waals surface area contributed by atoms with Crippen LogP contribution in [0.5, 0.6) is 0 Å². The van der Waals surface area contributed by atoms with Gasteiger partial charge < -0.3 is 9.30 Å². The Hall–Kier alpha value is -1.47. The molecule has 3 rings (SSSR count). The van der Waals surface area contributed by atoms with Crippen molar-refractivity contribution < 1.29 is 9.13 Å². The SMILES string of the molecule is Fc1ccc(CO[C@H](Cn2ccnc2)c2snc(Cl)c2Cl)cc1. The number of hydrogen-bond donors (Lipinski definition) is 0. The molecule has 2 aromatic heterocycles. The lowest BCUT2D eigenvalue weighted by atomic mass is 10.2. The second kappa shape index (κ2) is 7.40. The molecule has 0 aliphatic carbocycles. The fourth-order valence-corrected chi connectivity index (χ4v) is 3.33. The minimum absolute atomic E-state index is 0.271. The molecule has 8 heteroatoms. The van der Waals surface area contributed by atoms with Gasteiger partial charge in [-0.15, -0.1) is 0 Å². The number of nitrogens with zero attached hydrogens (tertiary/aromatic N) is 3. The molecule has 0 saturated carbocycles. The minimum Gasteiger partial charge on any atom is -0.366 e. The third kappa shape index (κ3) is 4.09. The van der Waals surface area contributed by atoms with Crippen molar-refractivity contribution in [2.75, 3.05) is 0 Å². The van der Waals surface area contributed by atoms with Gasteiger partial charge in [-0.05, 0) is 29.2 Å². The van der Waals surface area contributed by atoms with Crippen molar-refractivity contribution in [2.24, 2.45) is 0 Å². The van der Waals surface area contributed by atoms with Gasteiger partial charge in [-0.2, -0.15) is 4.37 Å². The maximum absolute atomic E-state index is 13.0. The number of halogens is 3. The highest BCUT2D eigenvalue weighted by Gasteiger charge is 2.21. The number of imidazole rings is 1. The molecular weight excluding hydrogens is 360 g/mol. The lowest BCUT2D eigenvalue weighted by molar-refractivity contribution is 0.0303. The van der Waals surface area contributed by atoms with Crippen molar-refractivity contribution in [3.05, 3.63) is 69.4 Å². The maximum Gasteiger partial charge on any atom is 0.161 e. The van der Waals surface area contributed by atoms with E-state index in [4.69, 9.17) is 27.9 Å². The van der Waals surface area contributed by atoms with Crippen LogP contribution >= 0.6 is 34.7 Å². The van der Waals surface area contributed by atoms with Gasteiger partial charge in [-0.1, -0.05) is 35.3 Å². The van der Waals surface area contributed by atoms with E-state index in [2.05, 4.69) is 9.36 Å². The smallest absolute Gasteiger partial charge is 0.161 e. The zero-order valence-corrected chi connectivity index (χ0v) is 14.2. The number of rotatable bonds is 6. The molecule has 3 aromatic rings. The summed E-state index contributed by atoms with van der Waals surface area (Å²) in [5.74, 6) is -0.277. The van der Waals surface area contributed by atoms with E-state index >= 15 is 0 Å². The van der Waals surface area contributed by atoms with Crippen LogP contribution in [0.25, 0.3) is 0 Å². The number of hydrogen-bond acceptors (Lipinski definition) is 4. The van der Waals surface area contributed by atoms with Gasteiger partial charge in [-0.3, -0.25) is 0 Å². The summed E-state index contributed by atoms with van der Waals surface area (Å²) in [5.41, 5.74) is 0.869. The first-order valence-corrected chi connectivity index (χ1v) is 8.29. The predicted molar refractivity (Wildman–Crippen MR) is 88.3 cm³/mol. The summed E-state index contributed by atoms with van der Waals surface area (Å²) in [5, 5.41) is 0.675.